The first-order valence-corrected chi connectivity index (χ1v) is 11.3. The Morgan fingerprint density at radius 1 is 0.971 bits per heavy atom. The second kappa shape index (κ2) is 8.81. The van der Waals surface area contributed by atoms with Gasteiger partial charge >= 0.3 is 11.9 Å². The highest BCUT2D eigenvalue weighted by Gasteiger charge is 2.39. The maximum Gasteiger partial charge on any atom is 0.350 e. The third-order valence-electron chi connectivity index (χ3n) is 5.74. The van der Waals surface area contributed by atoms with Crippen molar-refractivity contribution in [2.45, 2.75) is 47.3 Å². The summed E-state index contributed by atoms with van der Waals surface area (Å²) in [6.07, 6.45) is 1.30. The molecule has 3 aromatic rings. The lowest BCUT2D eigenvalue weighted by molar-refractivity contribution is -0.222. The molecule has 34 heavy (non-hydrogen) atoms. The minimum absolute atomic E-state index is 0.202. The Bertz CT molecular complexity index is 1280. The summed E-state index contributed by atoms with van der Waals surface area (Å²) in [5.41, 5.74) is 5.91. The molecule has 0 spiro atoms. The van der Waals surface area contributed by atoms with Gasteiger partial charge in [-0.05, 0) is 69.2 Å². The lowest BCUT2D eigenvalue weighted by atomic mass is 10.1. The number of carbonyl (C=O) groups excluding carboxylic acids is 2. The summed E-state index contributed by atoms with van der Waals surface area (Å²) in [6, 6.07) is 9.98. The molecule has 1 saturated heterocycles. The number of nitrogens with zero attached hydrogens (tertiary/aromatic N) is 4. The van der Waals surface area contributed by atoms with E-state index in [-0.39, 0.29) is 5.57 Å². The number of esters is 2. The number of rotatable bonds is 6. The van der Waals surface area contributed by atoms with E-state index in [4.69, 9.17) is 9.47 Å². The molecule has 1 N–H and O–H groups in total. The van der Waals surface area contributed by atoms with Gasteiger partial charge in [0.05, 0.1) is 5.69 Å². The van der Waals surface area contributed by atoms with Crippen LogP contribution in [0.1, 0.15) is 38.8 Å². The smallest absolute Gasteiger partial charge is 0.350 e. The van der Waals surface area contributed by atoms with Crippen LogP contribution in [0.4, 0.5) is 11.4 Å². The number of fused-ring (bicyclic) bond motifs is 1. The van der Waals surface area contributed by atoms with Gasteiger partial charge in [0.1, 0.15) is 11.0 Å². The monoisotopic (exact) mass is 463 g/mol. The first-order valence-electron chi connectivity index (χ1n) is 11.3. The molecule has 1 aliphatic rings. The number of aromatic nitrogens is 3. The van der Waals surface area contributed by atoms with Gasteiger partial charge < -0.3 is 19.7 Å². The minimum Gasteiger partial charge on any atom is -0.419 e. The Kier molecular flexibility index (Phi) is 6.03. The van der Waals surface area contributed by atoms with Gasteiger partial charge in [-0.15, -0.1) is 10.2 Å². The Balaban J connectivity index is 1.62. The first-order chi connectivity index (χ1) is 16.1. The zero-order chi connectivity index (χ0) is 24.6. The van der Waals surface area contributed by atoms with Crippen LogP contribution in [0.25, 0.3) is 16.7 Å². The highest BCUT2D eigenvalue weighted by Crippen LogP contribution is 2.26. The van der Waals surface area contributed by atoms with E-state index in [1.807, 2.05) is 32.0 Å². The van der Waals surface area contributed by atoms with Crippen LogP contribution in [0.2, 0.25) is 0 Å². The summed E-state index contributed by atoms with van der Waals surface area (Å²) < 4.78 is 10.3. The van der Waals surface area contributed by atoms with Gasteiger partial charge in [0.15, 0.2) is 5.57 Å². The molecule has 4 rings (SSSR count). The van der Waals surface area contributed by atoms with E-state index in [9.17, 15) is 9.59 Å². The maximum atomic E-state index is 12.2. The van der Waals surface area contributed by atoms with Crippen LogP contribution in [-0.4, -0.2) is 45.8 Å². The van der Waals surface area contributed by atoms with Gasteiger partial charge in [0.2, 0.25) is 0 Å². The maximum absolute atomic E-state index is 12.2. The molecule has 2 aromatic carbocycles. The van der Waals surface area contributed by atoms with Crippen molar-refractivity contribution in [1.29, 1.82) is 0 Å². The number of hydrogen-bond acceptors (Lipinski definition) is 8. The van der Waals surface area contributed by atoms with Crippen LogP contribution >= 0.6 is 0 Å². The third-order valence-corrected chi connectivity index (χ3v) is 5.74. The van der Waals surface area contributed by atoms with E-state index in [0.717, 1.165) is 35.4 Å². The molecule has 178 valence electrons. The number of ether oxygens (including phenoxy) is 2. The number of carbonyl (C=O) groups is 2. The molecule has 9 nitrogen and oxygen atoms in total. The summed E-state index contributed by atoms with van der Waals surface area (Å²) in [5.74, 6) is -2.75. The molecule has 0 radical (unpaired) electrons. The lowest BCUT2D eigenvalue weighted by Crippen LogP contribution is -2.42. The van der Waals surface area contributed by atoms with Crippen LogP contribution in [0, 0.1) is 13.8 Å². The zero-order valence-electron chi connectivity index (χ0n) is 20.3. The number of cyclic esters (lactones) is 2. The average Bonchev–Trinajstić information content (AvgIpc) is 3.15. The number of nitrogens with one attached hydrogen (secondary N) is 1. The van der Waals surface area contributed by atoms with Gasteiger partial charge in [-0.25, -0.2) is 9.59 Å². The molecule has 0 saturated carbocycles. The van der Waals surface area contributed by atoms with Gasteiger partial charge in [-0.1, -0.05) is 0 Å². The molecule has 1 aromatic heterocycles. The Labute approximate surface area is 198 Å². The zero-order valence-corrected chi connectivity index (χ0v) is 20.3. The highest BCUT2D eigenvalue weighted by atomic mass is 16.7. The van der Waals surface area contributed by atoms with Gasteiger partial charge in [-0.2, -0.15) is 4.80 Å². The summed E-state index contributed by atoms with van der Waals surface area (Å²) in [6.45, 7) is 13.1. The average molecular weight is 464 g/mol. The Morgan fingerprint density at radius 3 is 2.18 bits per heavy atom. The van der Waals surface area contributed by atoms with Crippen molar-refractivity contribution in [3.8, 4) is 5.69 Å². The number of anilines is 2. The fourth-order valence-electron chi connectivity index (χ4n) is 3.91. The standard InChI is InChI=1S/C25H29N5O4/c1-7-29(8-2)17-9-10-22(16(4)11-17)30-27-20-12-15(3)19(13-21(20)28-30)26-14-18-23(31)33-25(5,6)34-24(18)32/h9-14,26H,7-8H2,1-6H3. The summed E-state index contributed by atoms with van der Waals surface area (Å²) in [4.78, 5) is 28.3. The third kappa shape index (κ3) is 4.46. The van der Waals surface area contributed by atoms with Crippen molar-refractivity contribution in [3.05, 3.63) is 53.2 Å². The fraction of sp³-hybridized carbons (Fsp3) is 0.360. The largest absolute Gasteiger partial charge is 0.419 e. The molecule has 0 unspecified atom stereocenters. The van der Waals surface area contributed by atoms with Gasteiger partial charge in [-0.3, -0.25) is 0 Å². The lowest BCUT2D eigenvalue weighted by Gasteiger charge is -2.29. The predicted octanol–water partition coefficient (Wildman–Crippen LogP) is 4.02. The van der Waals surface area contributed by atoms with Crippen LogP contribution < -0.4 is 10.2 Å². The van der Waals surface area contributed by atoms with Crippen LogP contribution in [0.5, 0.6) is 0 Å². The van der Waals surface area contributed by atoms with E-state index in [1.54, 1.807) is 4.80 Å². The highest BCUT2D eigenvalue weighted by molar-refractivity contribution is 6.15. The summed E-state index contributed by atoms with van der Waals surface area (Å²) >= 11 is 0. The number of aryl methyl sites for hydroxylation is 2. The van der Waals surface area contributed by atoms with Crippen molar-refractivity contribution >= 4 is 34.3 Å². The second-order valence-electron chi connectivity index (χ2n) is 8.67. The SMILES string of the molecule is CCN(CC)c1ccc(-n2nc3cc(C)c(NC=C4C(=O)OC(C)(C)OC4=O)cc3n2)c(C)c1. The van der Waals surface area contributed by atoms with E-state index < -0.39 is 17.7 Å². The molecule has 1 aliphatic heterocycles. The van der Waals surface area contributed by atoms with E-state index >= 15 is 0 Å². The Morgan fingerprint density at radius 2 is 1.59 bits per heavy atom. The molecular formula is C25H29N5O4. The van der Waals surface area contributed by atoms with E-state index in [0.29, 0.717) is 11.2 Å². The predicted molar refractivity (Wildman–Crippen MR) is 130 cm³/mol. The summed E-state index contributed by atoms with van der Waals surface area (Å²) in [5, 5.41) is 12.3. The van der Waals surface area contributed by atoms with Crippen molar-refractivity contribution in [2.24, 2.45) is 0 Å². The van der Waals surface area contributed by atoms with Crippen molar-refractivity contribution in [1.82, 2.24) is 15.0 Å². The summed E-state index contributed by atoms with van der Waals surface area (Å²) in [7, 11) is 0. The molecule has 2 heterocycles. The molecule has 0 amide bonds. The van der Waals surface area contributed by atoms with Gasteiger partial charge in [0, 0.05) is 44.5 Å². The molecule has 0 bridgehead atoms. The quantitative estimate of drug-likeness (QED) is 0.333. The van der Waals surface area contributed by atoms with Crippen LogP contribution in [-0.2, 0) is 19.1 Å². The first kappa shape index (κ1) is 23.3. The molecule has 9 heteroatoms. The topological polar surface area (TPSA) is 98.6 Å². The normalized spacial score (nSPS) is 15.2. The van der Waals surface area contributed by atoms with Crippen molar-refractivity contribution < 1.29 is 19.1 Å². The molecule has 1 fully saturated rings. The molecule has 0 atom stereocenters. The number of hydrogen-bond donors (Lipinski definition) is 1. The van der Waals surface area contributed by atoms with Crippen LogP contribution in [0.3, 0.4) is 0 Å². The Hall–Kier alpha value is -3.88. The van der Waals surface area contributed by atoms with Gasteiger partial charge in [0.25, 0.3) is 5.79 Å². The van der Waals surface area contributed by atoms with E-state index in [1.165, 1.54) is 25.7 Å². The number of benzene rings is 2. The fourth-order valence-corrected chi connectivity index (χ4v) is 3.91. The molecular weight excluding hydrogens is 434 g/mol. The van der Waals surface area contributed by atoms with Crippen molar-refractivity contribution in [2.75, 3.05) is 23.3 Å². The minimum atomic E-state index is -1.28. The van der Waals surface area contributed by atoms with Crippen molar-refractivity contribution in [3.63, 3.8) is 0 Å². The second-order valence-corrected chi connectivity index (χ2v) is 8.67. The van der Waals surface area contributed by atoms with E-state index in [2.05, 4.69) is 46.4 Å². The van der Waals surface area contributed by atoms with Crippen LogP contribution in [0.15, 0.2) is 42.1 Å². The molecule has 0 aliphatic carbocycles.